The molecule has 0 amide bonds. The second-order valence-electron chi connectivity index (χ2n) is 2.19. The van der Waals surface area contributed by atoms with Crippen LogP contribution in [0.3, 0.4) is 0 Å². The van der Waals surface area contributed by atoms with Crippen molar-refractivity contribution < 1.29 is 4.84 Å². The third-order valence-electron chi connectivity index (χ3n) is 1.35. The van der Waals surface area contributed by atoms with Crippen molar-refractivity contribution in [3.8, 4) is 0 Å². The summed E-state index contributed by atoms with van der Waals surface area (Å²) in [7, 11) is 1.85. The van der Waals surface area contributed by atoms with Crippen LogP contribution < -0.4 is 5.90 Å². The Morgan fingerprint density at radius 2 is 2.50 bits per heavy atom. The van der Waals surface area contributed by atoms with Gasteiger partial charge in [0, 0.05) is 13.2 Å². The molecule has 0 aromatic carbocycles. The van der Waals surface area contributed by atoms with Crippen molar-refractivity contribution in [1.29, 1.82) is 0 Å². The first-order chi connectivity index (χ1) is 4.74. The summed E-state index contributed by atoms with van der Waals surface area (Å²) in [6, 6.07) is 1.87. The van der Waals surface area contributed by atoms with Crippen molar-refractivity contribution in [1.82, 2.24) is 9.78 Å². The van der Waals surface area contributed by atoms with Crippen LogP contribution in [0.1, 0.15) is 18.7 Å². The first kappa shape index (κ1) is 7.24. The molecule has 0 radical (unpaired) electrons. The number of nitrogens with two attached hydrogens (primary N) is 1. The zero-order valence-electron chi connectivity index (χ0n) is 6.11. The third-order valence-corrected chi connectivity index (χ3v) is 1.35. The summed E-state index contributed by atoms with van der Waals surface area (Å²) in [5, 5.41) is 4.09. The molecular formula is C6H11N3O. The van der Waals surface area contributed by atoms with Gasteiger partial charge in [0.2, 0.25) is 0 Å². The van der Waals surface area contributed by atoms with Gasteiger partial charge in [-0.25, -0.2) is 5.90 Å². The highest BCUT2D eigenvalue weighted by atomic mass is 16.6. The molecule has 0 saturated heterocycles. The minimum Gasteiger partial charge on any atom is -0.295 e. The summed E-state index contributed by atoms with van der Waals surface area (Å²) in [4.78, 5) is 4.57. The van der Waals surface area contributed by atoms with Gasteiger partial charge in [-0.05, 0) is 13.0 Å². The van der Waals surface area contributed by atoms with Gasteiger partial charge in [-0.2, -0.15) is 5.10 Å². The summed E-state index contributed by atoms with van der Waals surface area (Å²) in [5.74, 6) is 4.96. The Labute approximate surface area is 59.5 Å². The molecule has 10 heavy (non-hydrogen) atoms. The minimum atomic E-state index is -0.124. The summed E-state index contributed by atoms with van der Waals surface area (Å²) >= 11 is 0. The second-order valence-corrected chi connectivity index (χ2v) is 2.19. The Morgan fingerprint density at radius 1 is 1.80 bits per heavy atom. The van der Waals surface area contributed by atoms with Crippen LogP contribution >= 0.6 is 0 Å². The van der Waals surface area contributed by atoms with Gasteiger partial charge < -0.3 is 0 Å². The molecule has 0 aliphatic carbocycles. The summed E-state index contributed by atoms with van der Waals surface area (Å²) in [6.07, 6.45) is 1.73. The van der Waals surface area contributed by atoms with Crippen LogP contribution in [-0.4, -0.2) is 9.78 Å². The van der Waals surface area contributed by atoms with Gasteiger partial charge in [0.15, 0.2) is 0 Å². The Hall–Kier alpha value is -0.870. The van der Waals surface area contributed by atoms with Crippen molar-refractivity contribution >= 4 is 0 Å². The predicted molar refractivity (Wildman–Crippen MR) is 36.9 cm³/mol. The van der Waals surface area contributed by atoms with Gasteiger partial charge in [-0.15, -0.1) is 0 Å². The number of nitrogens with zero attached hydrogens (tertiary/aromatic N) is 2. The first-order valence-electron chi connectivity index (χ1n) is 3.09. The fourth-order valence-electron chi connectivity index (χ4n) is 0.720. The molecule has 0 saturated carbocycles. The van der Waals surface area contributed by atoms with E-state index in [9.17, 15) is 0 Å². The van der Waals surface area contributed by atoms with Gasteiger partial charge >= 0.3 is 0 Å². The van der Waals surface area contributed by atoms with Crippen LogP contribution in [-0.2, 0) is 11.9 Å². The van der Waals surface area contributed by atoms with Crippen LogP contribution in [0.2, 0.25) is 0 Å². The van der Waals surface area contributed by atoms with Crippen molar-refractivity contribution in [2.24, 2.45) is 12.9 Å². The van der Waals surface area contributed by atoms with E-state index in [0.29, 0.717) is 0 Å². The largest absolute Gasteiger partial charge is 0.295 e. The number of aromatic nitrogens is 2. The van der Waals surface area contributed by atoms with Crippen molar-refractivity contribution in [2.75, 3.05) is 0 Å². The number of rotatable bonds is 2. The smallest absolute Gasteiger partial charge is 0.120 e. The van der Waals surface area contributed by atoms with Crippen molar-refractivity contribution in [2.45, 2.75) is 13.0 Å². The number of hydrogen-bond donors (Lipinski definition) is 1. The topological polar surface area (TPSA) is 53.1 Å². The van der Waals surface area contributed by atoms with Gasteiger partial charge in [0.05, 0.1) is 5.69 Å². The Balaban J connectivity index is 2.74. The zero-order valence-corrected chi connectivity index (χ0v) is 6.11. The highest BCUT2D eigenvalue weighted by Crippen LogP contribution is 2.09. The molecule has 1 rings (SSSR count). The third kappa shape index (κ3) is 1.34. The molecule has 56 valence electrons. The molecule has 1 heterocycles. The molecule has 0 fully saturated rings. The number of aryl methyl sites for hydroxylation is 1. The van der Waals surface area contributed by atoms with Crippen LogP contribution in [0.15, 0.2) is 12.3 Å². The van der Waals surface area contributed by atoms with E-state index in [4.69, 9.17) is 5.90 Å². The fraction of sp³-hybridized carbons (Fsp3) is 0.500. The normalized spacial score (nSPS) is 13.5. The van der Waals surface area contributed by atoms with E-state index in [-0.39, 0.29) is 6.10 Å². The average molecular weight is 141 g/mol. The molecule has 4 nitrogen and oxygen atoms in total. The predicted octanol–water partition coefficient (Wildman–Crippen LogP) is 0.371. The molecule has 0 spiro atoms. The number of hydrogen-bond acceptors (Lipinski definition) is 3. The maximum atomic E-state index is 4.96. The van der Waals surface area contributed by atoms with E-state index in [1.165, 1.54) is 0 Å². The molecule has 0 aliphatic rings. The Morgan fingerprint density at radius 3 is 2.90 bits per heavy atom. The van der Waals surface area contributed by atoms with E-state index >= 15 is 0 Å². The average Bonchev–Trinajstić information content (AvgIpc) is 2.34. The lowest BCUT2D eigenvalue weighted by Gasteiger charge is -2.02. The maximum absolute atomic E-state index is 4.96. The Bertz CT molecular complexity index is 209. The van der Waals surface area contributed by atoms with Crippen molar-refractivity contribution in [3.63, 3.8) is 0 Å². The highest BCUT2D eigenvalue weighted by Gasteiger charge is 2.05. The SMILES string of the molecule is CC(ON)c1ccn(C)n1. The van der Waals surface area contributed by atoms with Crippen LogP contribution in [0.5, 0.6) is 0 Å². The van der Waals surface area contributed by atoms with E-state index in [0.717, 1.165) is 5.69 Å². The van der Waals surface area contributed by atoms with E-state index in [1.807, 2.05) is 26.2 Å². The molecule has 1 aromatic rings. The molecule has 1 unspecified atom stereocenters. The minimum absolute atomic E-state index is 0.124. The molecule has 2 N–H and O–H groups in total. The van der Waals surface area contributed by atoms with E-state index < -0.39 is 0 Å². The summed E-state index contributed by atoms with van der Waals surface area (Å²) in [5.41, 5.74) is 0.852. The lowest BCUT2D eigenvalue weighted by molar-refractivity contribution is 0.0630. The van der Waals surface area contributed by atoms with E-state index in [1.54, 1.807) is 4.68 Å². The molecule has 0 aliphatic heterocycles. The first-order valence-corrected chi connectivity index (χ1v) is 3.09. The van der Waals surface area contributed by atoms with Gasteiger partial charge in [0.1, 0.15) is 6.10 Å². The molecular weight excluding hydrogens is 130 g/mol. The highest BCUT2D eigenvalue weighted by molar-refractivity contribution is 5.01. The standard InChI is InChI=1S/C6H11N3O/c1-5(10-7)6-3-4-9(2)8-6/h3-5H,7H2,1-2H3. The summed E-state index contributed by atoms with van der Waals surface area (Å²) < 4.78 is 1.71. The van der Waals surface area contributed by atoms with E-state index in [2.05, 4.69) is 9.94 Å². The van der Waals surface area contributed by atoms with Crippen LogP contribution in [0.4, 0.5) is 0 Å². The molecule has 1 aromatic heterocycles. The summed E-state index contributed by atoms with van der Waals surface area (Å²) in [6.45, 7) is 1.85. The fourth-order valence-corrected chi connectivity index (χ4v) is 0.720. The van der Waals surface area contributed by atoms with Gasteiger partial charge in [-0.1, -0.05) is 0 Å². The van der Waals surface area contributed by atoms with Crippen LogP contribution in [0.25, 0.3) is 0 Å². The zero-order chi connectivity index (χ0) is 7.56. The monoisotopic (exact) mass is 141 g/mol. The molecule has 4 heteroatoms. The van der Waals surface area contributed by atoms with Crippen LogP contribution in [0, 0.1) is 0 Å². The Kier molecular flexibility index (Phi) is 2.03. The maximum Gasteiger partial charge on any atom is 0.120 e. The van der Waals surface area contributed by atoms with Crippen molar-refractivity contribution in [3.05, 3.63) is 18.0 Å². The lowest BCUT2D eigenvalue weighted by Crippen LogP contribution is -2.06. The van der Waals surface area contributed by atoms with Gasteiger partial charge in [0.25, 0.3) is 0 Å². The quantitative estimate of drug-likeness (QED) is 0.605. The lowest BCUT2D eigenvalue weighted by atomic mass is 10.3. The molecule has 1 atom stereocenters. The molecule has 0 bridgehead atoms. The second kappa shape index (κ2) is 2.81. The van der Waals surface area contributed by atoms with Gasteiger partial charge in [-0.3, -0.25) is 9.52 Å².